The highest BCUT2D eigenvalue weighted by Crippen LogP contribution is 2.05. The Labute approximate surface area is 137 Å². The molecule has 124 valence electrons. The monoisotopic (exact) mass is 315 g/mol. The van der Waals surface area contributed by atoms with Crippen LogP contribution in [0.2, 0.25) is 0 Å². The van der Waals surface area contributed by atoms with E-state index in [0.29, 0.717) is 6.54 Å². The van der Waals surface area contributed by atoms with Gasteiger partial charge in [0.05, 0.1) is 0 Å². The van der Waals surface area contributed by atoms with Gasteiger partial charge in [0, 0.05) is 31.2 Å². The fourth-order valence-electron chi connectivity index (χ4n) is 2.29. The molecule has 2 amide bonds. The molecule has 0 unspecified atom stereocenters. The van der Waals surface area contributed by atoms with E-state index in [0.717, 1.165) is 24.2 Å². The minimum absolute atomic E-state index is 0.134. The molecule has 2 aromatic rings. The molecular weight excluding hydrogens is 290 g/mol. The van der Waals surface area contributed by atoms with Crippen LogP contribution < -0.4 is 10.6 Å². The molecule has 0 bridgehead atoms. The Bertz CT molecular complexity index is 580. The highest BCUT2D eigenvalue weighted by atomic mass is 16.2. The second kappa shape index (κ2) is 8.92. The molecule has 1 atom stereocenters. The molecule has 6 nitrogen and oxygen atoms in total. The summed E-state index contributed by atoms with van der Waals surface area (Å²) in [7, 11) is 0. The minimum Gasteiger partial charge on any atom is -0.336 e. The van der Waals surface area contributed by atoms with Crippen LogP contribution in [0.4, 0.5) is 4.79 Å². The summed E-state index contributed by atoms with van der Waals surface area (Å²) in [5.41, 5.74) is 0.953. The van der Waals surface area contributed by atoms with Crippen molar-refractivity contribution in [3.63, 3.8) is 0 Å². The SMILES string of the molecule is CCCCC[C@H](C)NC(=O)NCc1ccc(-n2cccn2)nc1. The summed E-state index contributed by atoms with van der Waals surface area (Å²) < 4.78 is 1.70. The van der Waals surface area contributed by atoms with Gasteiger partial charge in [-0.05, 0) is 31.0 Å². The standard InChI is InChI=1S/C17H25N5O/c1-3-4-5-7-14(2)21-17(23)19-13-15-8-9-16(18-12-15)22-11-6-10-20-22/h6,8-12,14H,3-5,7,13H2,1-2H3,(H2,19,21,23)/t14-/m0/s1. The van der Waals surface area contributed by atoms with Gasteiger partial charge in [-0.15, -0.1) is 0 Å². The van der Waals surface area contributed by atoms with Crippen molar-refractivity contribution in [1.82, 2.24) is 25.4 Å². The zero-order chi connectivity index (χ0) is 16.5. The van der Waals surface area contributed by atoms with Gasteiger partial charge in [0.15, 0.2) is 5.82 Å². The predicted octanol–water partition coefficient (Wildman–Crippen LogP) is 3.04. The van der Waals surface area contributed by atoms with Crippen LogP contribution in [-0.4, -0.2) is 26.8 Å². The molecule has 0 spiro atoms. The van der Waals surface area contributed by atoms with Gasteiger partial charge >= 0.3 is 6.03 Å². The van der Waals surface area contributed by atoms with Crippen LogP contribution in [0.1, 0.15) is 45.1 Å². The van der Waals surface area contributed by atoms with Crippen LogP contribution in [0.5, 0.6) is 0 Å². The summed E-state index contributed by atoms with van der Waals surface area (Å²) in [5.74, 6) is 0.757. The Morgan fingerprint density at radius 1 is 1.35 bits per heavy atom. The lowest BCUT2D eigenvalue weighted by molar-refractivity contribution is 0.236. The number of nitrogens with one attached hydrogen (secondary N) is 2. The summed E-state index contributed by atoms with van der Waals surface area (Å²) in [6, 6.07) is 5.74. The number of nitrogens with zero attached hydrogens (tertiary/aromatic N) is 3. The predicted molar refractivity (Wildman–Crippen MR) is 90.3 cm³/mol. The fourth-order valence-corrected chi connectivity index (χ4v) is 2.29. The molecular formula is C17H25N5O. The number of carbonyl (C=O) groups excluding carboxylic acids is 1. The second-order valence-electron chi connectivity index (χ2n) is 5.70. The van der Waals surface area contributed by atoms with Crippen LogP contribution in [-0.2, 0) is 6.54 Å². The number of carbonyl (C=O) groups is 1. The first kappa shape index (κ1) is 17.0. The first-order chi connectivity index (χ1) is 11.2. The minimum atomic E-state index is -0.134. The zero-order valence-electron chi connectivity index (χ0n) is 13.8. The van der Waals surface area contributed by atoms with Crippen molar-refractivity contribution < 1.29 is 4.79 Å². The number of pyridine rings is 1. The molecule has 0 fully saturated rings. The maximum Gasteiger partial charge on any atom is 0.315 e. The molecule has 0 saturated heterocycles. The molecule has 0 aliphatic heterocycles. The van der Waals surface area contributed by atoms with Crippen LogP contribution >= 0.6 is 0 Å². The summed E-state index contributed by atoms with van der Waals surface area (Å²) in [4.78, 5) is 16.2. The summed E-state index contributed by atoms with van der Waals surface area (Å²) in [6.45, 7) is 4.67. The maximum atomic E-state index is 11.9. The number of hydrogen-bond donors (Lipinski definition) is 2. The average Bonchev–Trinajstić information content (AvgIpc) is 3.08. The van der Waals surface area contributed by atoms with E-state index in [9.17, 15) is 4.79 Å². The van der Waals surface area contributed by atoms with Gasteiger partial charge in [-0.25, -0.2) is 14.5 Å². The number of urea groups is 1. The van der Waals surface area contributed by atoms with Gasteiger partial charge in [-0.3, -0.25) is 0 Å². The third kappa shape index (κ3) is 5.73. The topological polar surface area (TPSA) is 71.8 Å². The quantitative estimate of drug-likeness (QED) is 0.736. The van der Waals surface area contributed by atoms with Crippen molar-refractivity contribution in [1.29, 1.82) is 0 Å². The smallest absolute Gasteiger partial charge is 0.315 e. The van der Waals surface area contributed by atoms with E-state index in [-0.39, 0.29) is 12.1 Å². The van der Waals surface area contributed by atoms with Crippen molar-refractivity contribution in [3.8, 4) is 5.82 Å². The Morgan fingerprint density at radius 3 is 2.87 bits per heavy atom. The molecule has 2 aromatic heterocycles. The molecule has 0 radical (unpaired) electrons. The molecule has 2 N–H and O–H groups in total. The lowest BCUT2D eigenvalue weighted by Gasteiger charge is -2.14. The summed E-state index contributed by atoms with van der Waals surface area (Å²) >= 11 is 0. The molecule has 0 aliphatic carbocycles. The third-order valence-corrected chi connectivity index (χ3v) is 3.62. The molecule has 2 rings (SSSR count). The largest absolute Gasteiger partial charge is 0.336 e. The number of rotatable bonds is 8. The Hall–Kier alpha value is -2.37. The van der Waals surface area contributed by atoms with E-state index in [1.54, 1.807) is 17.1 Å². The van der Waals surface area contributed by atoms with E-state index >= 15 is 0 Å². The van der Waals surface area contributed by atoms with Crippen LogP contribution in [0.3, 0.4) is 0 Å². The number of aromatic nitrogens is 3. The number of amides is 2. The highest BCUT2D eigenvalue weighted by molar-refractivity contribution is 5.74. The normalized spacial score (nSPS) is 11.9. The third-order valence-electron chi connectivity index (χ3n) is 3.62. The van der Waals surface area contributed by atoms with Gasteiger partial charge in [-0.2, -0.15) is 5.10 Å². The van der Waals surface area contributed by atoms with E-state index in [1.165, 1.54) is 12.8 Å². The van der Waals surface area contributed by atoms with E-state index in [2.05, 4.69) is 27.6 Å². The Morgan fingerprint density at radius 2 is 2.22 bits per heavy atom. The zero-order valence-corrected chi connectivity index (χ0v) is 13.8. The van der Waals surface area contributed by atoms with Crippen LogP contribution in [0.15, 0.2) is 36.8 Å². The first-order valence-electron chi connectivity index (χ1n) is 8.18. The number of unbranched alkanes of at least 4 members (excludes halogenated alkanes) is 2. The fraction of sp³-hybridized carbons (Fsp3) is 0.471. The van der Waals surface area contributed by atoms with E-state index in [1.807, 2.05) is 31.3 Å². The lowest BCUT2D eigenvalue weighted by Crippen LogP contribution is -2.40. The van der Waals surface area contributed by atoms with Crippen molar-refractivity contribution in [2.24, 2.45) is 0 Å². The summed E-state index contributed by atoms with van der Waals surface area (Å²) in [5, 5.41) is 9.95. The van der Waals surface area contributed by atoms with Crippen molar-refractivity contribution >= 4 is 6.03 Å². The van der Waals surface area contributed by atoms with Gasteiger partial charge in [0.1, 0.15) is 0 Å². The molecule has 23 heavy (non-hydrogen) atoms. The van der Waals surface area contributed by atoms with Crippen molar-refractivity contribution in [3.05, 3.63) is 42.4 Å². The lowest BCUT2D eigenvalue weighted by atomic mass is 10.1. The summed E-state index contributed by atoms with van der Waals surface area (Å²) in [6.07, 6.45) is 9.87. The van der Waals surface area contributed by atoms with Crippen molar-refractivity contribution in [2.45, 2.75) is 52.1 Å². The maximum absolute atomic E-state index is 11.9. The second-order valence-corrected chi connectivity index (χ2v) is 5.70. The first-order valence-corrected chi connectivity index (χ1v) is 8.18. The molecule has 0 aromatic carbocycles. The number of hydrogen-bond acceptors (Lipinski definition) is 3. The van der Waals surface area contributed by atoms with Gasteiger partial charge in [-0.1, -0.05) is 32.3 Å². The molecule has 0 saturated carbocycles. The Kier molecular flexibility index (Phi) is 6.59. The molecule has 0 aliphatic rings. The van der Waals surface area contributed by atoms with Crippen LogP contribution in [0, 0.1) is 0 Å². The van der Waals surface area contributed by atoms with Crippen molar-refractivity contribution in [2.75, 3.05) is 0 Å². The average molecular weight is 315 g/mol. The Balaban J connectivity index is 1.74. The van der Waals surface area contributed by atoms with Crippen LogP contribution in [0.25, 0.3) is 5.82 Å². The molecule has 2 heterocycles. The van der Waals surface area contributed by atoms with E-state index < -0.39 is 0 Å². The molecule has 6 heteroatoms. The van der Waals surface area contributed by atoms with Gasteiger partial charge < -0.3 is 10.6 Å². The van der Waals surface area contributed by atoms with Gasteiger partial charge in [0.25, 0.3) is 0 Å². The van der Waals surface area contributed by atoms with E-state index in [4.69, 9.17) is 0 Å². The highest BCUT2D eigenvalue weighted by Gasteiger charge is 2.06. The van der Waals surface area contributed by atoms with Gasteiger partial charge in [0.2, 0.25) is 0 Å².